The van der Waals surface area contributed by atoms with Crippen LogP contribution in [0.2, 0.25) is 0 Å². The smallest absolute Gasteiger partial charge is 0.0948 e. The van der Waals surface area contributed by atoms with Gasteiger partial charge in [-0.2, -0.15) is 0 Å². The summed E-state index contributed by atoms with van der Waals surface area (Å²) in [5.74, 6) is 0. The second-order valence-electron chi connectivity index (χ2n) is 3.52. The number of ether oxygens (including phenoxy) is 2. The molecule has 0 aromatic rings. The van der Waals surface area contributed by atoms with Gasteiger partial charge in [0.2, 0.25) is 0 Å². The Morgan fingerprint density at radius 3 is 2.77 bits per heavy atom. The van der Waals surface area contributed by atoms with Gasteiger partial charge in [0.1, 0.15) is 0 Å². The summed E-state index contributed by atoms with van der Waals surface area (Å²) in [6.45, 7) is 4.79. The molecule has 0 saturated carbocycles. The molecule has 0 bridgehead atoms. The van der Waals surface area contributed by atoms with E-state index < -0.39 is 0 Å². The standard InChI is InChI=1S/C10H19IO2/c1-2-3-4-5-6-13-10-8-12-7-9(10)11/h9-10H,2-8H2,1H3. The molecule has 2 unspecified atom stereocenters. The molecule has 1 saturated heterocycles. The molecule has 0 spiro atoms. The van der Waals surface area contributed by atoms with Crippen molar-refractivity contribution in [1.29, 1.82) is 0 Å². The Bertz CT molecular complexity index is 130. The second kappa shape index (κ2) is 7.01. The van der Waals surface area contributed by atoms with Crippen LogP contribution in [0.5, 0.6) is 0 Å². The van der Waals surface area contributed by atoms with E-state index in [0.29, 0.717) is 10.0 Å². The molecule has 0 aliphatic carbocycles. The van der Waals surface area contributed by atoms with Crippen LogP contribution >= 0.6 is 22.6 Å². The Labute approximate surface area is 94.5 Å². The lowest BCUT2D eigenvalue weighted by Gasteiger charge is -2.12. The highest BCUT2D eigenvalue weighted by Crippen LogP contribution is 2.18. The van der Waals surface area contributed by atoms with Gasteiger partial charge in [0.15, 0.2) is 0 Å². The minimum Gasteiger partial charge on any atom is -0.378 e. The molecule has 3 heteroatoms. The van der Waals surface area contributed by atoms with Gasteiger partial charge in [0, 0.05) is 6.61 Å². The molecule has 2 atom stereocenters. The van der Waals surface area contributed by atoms with Gasteiger partial charge < -0.3 is 9.47 Å². The molecule has 1 rings (SSSR count). The van der Waals surface area contributed by atoms with Crippen LogP contribution in [-0.2, 0) is 9.47 Å². The summed E-state index contributed by atoms with van der Waals surface area (Å²) < 4.78 is 11.6. The third kappa shape index (κ3) is 4.61. The molecule has 0 amide bonds. The first-order chi connectivity index (χ1) is 6.34. The van der Waals surface area contributed by atoms with E-state index in [-0.39, 0.29) is 0 Å². The Morgan fingerprint density at radius 1 is 1.31 bits per heavy atom. The fourth-order valence-corrected chi connectivity index (χ4v) is 2.09. The Kier molecular flexibility index (Phi) is 6.32. The zero-order chi connectivity index (χ0) is 9.52. The van der Waals surface area contributed by atoms with E-state index >= 15 is 0 Å². The van der Waals surface area contributed by atoms with Gasteiger partial charge in [-0.1, -0.05) is 48.8 Å². The fourth-order valence-electron chi connectivity index (χ4n) is 1.42. The highest BCUT2D eigenvalue weighted by Gasteiger charge is 2.25. The molecule has 78 valence electrons. The average Bonchev–Trinajstić information content (AvgIpc) is 2.52. The quantitative estimate of drug-likeness (QED) is 0.426. The van der Waals surface area contributed by atoms with Gasteiger partial charge in [-0.05, 0) is 6.42 Å². The predicted octanol–water partition coefficient (Wildman–Crippen LogP) is 2.79. The summed E-state index contributed by atoms with van der Waals surface area (Å²) in [6, 6.07) is 0. The fraction of sp³-hybridized carbons (Fsp3) is 1.00. The highest BCUT2D eigenvalue weighted by molar-refractivity contribution is 14.1. The van der Waals surface area contributed by atoms with Crippen LogP contribution in [0.15, 0.2) is 0 Å². The van der Waals surface area contributed by atoms with E-state index in [1.807, 2.05) is 0 Å². The van der Waals surface area contributed by atoms with Crippen molar-refractivity contribution in [1.82, 2.24) is 0 Å². The van der Waals surface area contributed by atoms with Crippen molar-refractivity contribution in [2.24, 2.45) is 0 Å². The molecular formula is C10H19IO2. The summed E-state index contributed by atoms with van der Waals surface area (Å²) in [6.07, 6.45) is 5.48. The Hall–Kier alpha value is 0.650. The van der Waals surface area contributed by atoms with Gasteiger partial charge in [-0.15, -0.1) is 0 Å². The lowest BCUT2D eigenvalue weighted by Crippen LogP contribution is -2.22. The topological polar surface area (TPSA) is 18.5 Å². The Morgan fingerprint density at radius 2 is 2.15 bits per heavy atom. The van der Waals surface area contributed by atoms with Crippen LogP contribution < -0.4 is 0 Å². The zero-order valence-electron chi connectivity index (χ0n) is 8.30. The summed E-state index contributed by atoms with van der Waals surface area (Å²) in [7, 11) is 0. The van der Waals surface area contributed by atoms with Gasteiger partial charge >= 0.3 is 0 Å². The number of alkyl halides is 1. The predicted molar refractivity (Wildman–Crippen MR) is 62.5 cm³/mol. The van der Waals surface area contributed by atoms with Gasteiger partial charge in [0.25, 0.3) is 0 Å². The van der Waals surface area contributed by atoms with Crippen LogP contribution in [0, 0.1) is 0 Å². The minimum atomic E-state index is 0.349. The third-order valence-electron chi connectivity index (χ3n) is 2.29. The van der Waals surface area contributed by atoms with E-state index in [1.54, 1.807) is 0 Å². The van der Waals surface area contributed by atoms with Gasteiger partial charge in [-0.25, -0.2) is 0 Å². The van der Waals surface area contributed by atoms with Crippen LogP contribution in [0.1, 0.15) is 32.6 Å². The van der Waals surface area contributed by atoms with Crippen LogP contribution in [-0.4, -0.2) is 29.8 Å². The molecule has 0 N–H and O–H groups in total. The van der Waals surface area contributed by atoms with Crippen molar-refractivity contribution < 1.29 is 9.47 Å². The zero-order valence-corrected chi connectivity index (χ0v) is 10.5. The molecule has 1 aliphatic heterocycles. The molecule has 1 heterocycles. The molecule has 2 nitrogen and oxygen atoms in total. The maximum Gasteiger partial charge on any atom is 0.0948 e. The van der Waals surface area contributed by atoms with Crippen molar-refractivity contribution in [2.75, 3.05) is 19.8 Å². The van der Waals surface area contributed by atoms with Crippen LogP contribution in [0.4, 0.5) is 0 Å². The maximum atomic E-state index is 5.73. The number of unbranched alkanes of at least 4 members (excludes halogenated alkanes) is 3. The molecule has 0 radical (unpaired) electrons. The first-order valence-corrected chi connectivity index (χ1v) is 6.42. The largest absolute Gasteiger partial charge is 0.378 e. The van der Waals surface area contributed by atoms with Crippen LogP contribution in [0.3, 0.4) is 0 Å². The van der Waals surface area contributed by atoms with E-state index in [4.69, 9.17) is 9.47 Å². The van der Waals surface area contributed by atoms with Crippen molar-refractivity contribution in [3.8, 4) is 0 Å². The van der Waals surface area contributed by atoms with Crippen molar-refractivity contribution in [3.05, 3.63) is 0 Å². The number of rotatable bonds is 6. The lowest BCUT2D eigenvalue weighted by atomic mass is 10.2. The van der Waals surface area contributed by atoms with Crippen LogP contribution in [0.25, 0.3) is 0 Å². The first kappa shape index (κ1) is 11.7. The molecule has 0 aromatic heterocycles. The second-order valence-corrected chi connectivity index (χ2v) is 5.12. The summed E-state index contributed by atoms with van der Waals surface area (Å²) in [4.78, 5) is 0. The lowest BCUT2D eigenvalue weighted by molar-refractivity contribution is 0.0433. The molecule has 1 aliphatic rings. The SMILES string of the molecule is CCCCCCOC1COCC1I. The monoisotopic (exact) mass is 298 g/mol. The summed E-state index contributed by atoms with van der Waals surface area (Å²) in [5, 5.41) is 0. The molecule has 1 fully saturated rings. The first-order valence-electron chi connectivity index (χ1n) is 5.18. The highest BCUT2D eigenvalue weighted by atomic mass is 127. The maximum absolute atomic E-state index is 5.73. The minimum absolute atomic E-state index is 0.349. The van der Waals surface area contributed by atoms with Crippen molar-refractivity contribution in [3.63, 3.8) is 0 Å². The van der Waals surface area contributed by atoms with E-state index in [9.17, 15) is 0 Å². The van der Waals surface area contributed by atoms with Gasteiger partial charge in [-0.3, -0.25) is 0 Å². The van der Waals surface area contributed by atoms with Crippen molar-refractivity contribution >= 4 is 22.6 Å². The van der Waals surface area contributed by atoms with E-state index in [1.165, 1.54) is 25.7 Å². The Balaban J connectivity index is 1.93. The third-order valence-corrected chi connectivity index (χ3v) is 3.45. The van der Waals surface area contributed by atoms with E-state index in [0.717, 1.165) is 19.8 Å². The van der Waals surface area contributed by atoms with Crippen molar-refractivity contribution in [2.45, 2.75) is 42.6 Å². The normalized spacial score (nSPS) is 28.2. The molecular weight excluding hydrogens is 279 g/mol. The van der Waals surface area contributed by atoms with Gasteiger partial charge in [0.05, 0.1) is 23.2 Å². The number of halogens is 1. The molecule has 0 aromatic carbocycles. The average molecular weight is 298 g/mol. The molecule has 13 heavy (non-hydrogen) atoms. The summed E-state index contributed by atoms with van der Waals surface area (Å²) in [5.41, 5.74) is 0. The van der Waals surface area contributed by atoms with E-state index in [2.05, 4.69) is 29.5 Å². The number of hydrogen-bond acceptors (Lipinski definition) is 2. The summed E-state index contributed by atoms with van der Waals surface area (Å²) >= 11 is 2.41. The number of hydrogen-bond donors (Lipinski definition) is 0.